The molecule has 0 bridgehead atoms. The summed E-state index contributed by atoms with van der Waals surface area (Å²) in [6.45, 7) is 10.1. The molecule has 136 valence electrons. The number of imide groups is 1. The molecule has 3 rings (SSSR count). The molecule has 2 aliphatic heterocycles. The van der Waals surface area contributed by atoms with Crippen LogP contribution in [0.15, 0.2) is 30.3 Å². The van der Waals surface area contributed by atoms with Gasteiger partial charge in [-0.1, -0.05) is 30.3 Å². The van der Waals surface area contributed by atoms with Gasteiger partial charge in [-0.05, 0) is 33.3 Å². The Kier molecular flexibility index (Phi) is 4.60. The van der Waals surface area contributed by atoms with E-state index in [4.69, 9.17) is 4.74 Å². The molecule has 6 nitrogen and oxygen atoms in total. The third kappa shape index (κ3) is 3.55. The zero-order chi connectivity index (χ0) is 18.2. The molecule has 3 amide bonds. The summed E-state index contributed by atoms with van der Waals surface area (Å²) >= 11 is 0. The lowest BCUT2D eigenvalue weighted by molar-refractivity contribution is -0.131. The van der Waals surface area contributed by atoms with Crippen molar-refractivity contribution in [1.29, 1.82) is 0 Å². The van der Waals surface area contributed by atoms with E-state index in [1.54, 1.807) is 13.8 Å². The molecule has 1 aromatic carbocycles. The van der Waals surface area contributed by atoms with Gasteiger partial charge in [-0.2, -0.15) is 0 Å². The quantitative estimate of drug-likeness (QED) is 0.850. The monoisotopic (exact) mass is 345 g/mol. The largest absolute Gasteiger partial charge is 0.370 e. The Bertz CT molecular complexity index is 657. The van der Waals surface area contributed by atoms with E-state index < -0.39 is 5.54 Å². The number of nitrogens with zero attached hydrogens (tertiary/aromatic N) is 2. The van der Waals surface area contributed by atoms with E-state index in [9.17, 15) is 9.59 Å². The highest BCUT2D eigenvalue weighted by molar-refractivity contribution is 6.06. The molecule has 2 saturated heterocycles. The van der Waals surface area contributed by atoms with Gasteiger partial charge in [0.05, 0.1) is 12.7 Å². The van der Waals surface area contributed by atoms with E-state index in [1.807, 2.05) is 18.2 Å². The Morgan fingerprint density at radius 3 is 2.40 bits per heavy atom. The Hall–Kier alpha value is -1.92. The number of hydrogen-bond donors (Lipinski definition) is 1. The topological polar surface area (TPSA) is 61.9 Å². The highest BCUT2D eigenvalue weighted by Gasteiger charge is 2.44. The van der Waals surface area contributed by atoms with Gasteiger partial charge in [-0.15, -0.1) is 0 Å². The molecule has 2 aliphatic rings. The normalized spacial score (nSPS) is 25.9. The van der Waals surface area contributed by atoms with Gasteiger partial charge < -0.3 is 10.1 Å². The van der Waals surface area contributed by atoms with Gasteiger partial charge in [0, 0.05) is 25.2 Å². The summed E-state index contributed by atoms with van der Waals surface area (Å²) in [5.74, 6) is -0.164. The lowest BCUT2D eigenvalue weighted by Crippen LogP contribution is -2.56. The molecule has 2 fully saturated rings. The van der Waals surface area contributed by atoms with Crippen LogP contribution in [-0.4, -0.2) is 59.1 Å². The molecule has 1 atom stereocenters. The first-order chi connectivity index (χ1) is 11.7. The van der Waals surface area contributed by atoms with Gasteiger partial charge in [-0.25, -0.2) is 4.79 Å². The fourth-order valence-electron chi connectivity index (χ4n) is 3.40. The van der Waals surface area contributed by atoms with Gasteiger partial charge in [0.1, 0.15) is 5.54 Å². The van der Waals surface area contributed by atoms with Crippen molar-refractivity contribution >= 4 is 11.9 Å². The van der Waals surface area contributed by atoms with E-state index >= 15 is 0 Å². The minimum Gasteiger partial charge on any atom is -0.370 e. The number of nitrogens with one attached hydrogen (secondary N) is 1. The van der Waals surface area contributed by atoms with Gasteiger partial charge >= 0.3 is 6.03 Å². The van der Waals surface area contributed by atoms with Gasteiger partial charge in [0.15, 0.2) is 0 Å². The summed E-state index contributed by atoms with van der Waals surface area (Å²) < 4.78 is 6.06. The first kappa shape index (κ1) is 17.9. The second-order valence-electron chi connectivity index (χ2n) is 7.98. The van der Waals surface area contributed by atoms with Crippen LogP contribution in [-0.2, 0) is 9.53 Å². The van der Waals surface area contributed by atoms with Crippen LogP contribution in [0.3, 0.4) is 0 Å². The predicted octanol–water partition coefficient (Wildman–Crippen LogP) is 2.17. The van der Waals surface area contributed by atoms with Gasteiger partial charge in [-0.3, -0.25) is 14.6 Å². The van der Waals surface area contributed by atoms with Crippen LogP contribution in [0, 0.1) is 0 Å². The van der Waals surface area contributed by atoms with E-state index in [-0.39, 0.29) is 23.6 Å². The molecule has 2 heterocycles. The first-order valence-corrected chi connectivity index (χ1v) is 8.76. The van der Waals surface area contributed by atoms with E-state index in [0.29, 0.717) is 19.7 Å². The zero-order valence-electron chi connectivity index (χ0n) is 15.4. The average molecular weight is 345 g/mol. The maximum absolute atomic E-state index is 12.4. The molecule has 0 aliphatic carbocycles. The standard InChI is InChI=1S/C19H27N3O3/c1-18(2)13-25-15(14-8-6-5-7-9-14)12-21(18)10-11-22-16(23)19(3,4)20-17(22)24/h5-9,15H,10-13H2,1-4H3,(H,20,24)/t15-/m0/s1. The minimum atomic E-state index is -0.815. The van der Waals surface area contributed by atoms with Crippen molar-refractivity contribution < 1.29 is 14.3 Å². The number of morpholine rings is 1. The summed E-state index contributed by atoms with van der Waals surface area (Å²) in [5.41, 5.74) is 0.198. The number of benzene rings is 1. The number of carbonyl (C=O) groups is 2. The van der Waals surface area contributed by atoms with E-state index in [0.717, 1.165) is 12.1 Å². The summed E-state index contributed by atoms with van der Waals surface area (Å²) in [6, 6.07) is 9.85. The van der Waals surface area contributed by atoms with E-state index in [1.165, 1.54) is 4.90 Å². The van der Waals surface area contributed by atoms with Crippen LogP contribution in [0.5, 0.6) is 0 Å². The molecule has 0 radical (unpaired) electrons. The Morgan fingerprint density at radius 2 is 1.80 bits per heavy atom. The zero-order valence-corrected chi connectivity index (χ0v) is 15.4. The third-order valence-electron chi connectivity index (χ3n) is 5.09. The molecule has 6 heteroatoms. The Labute approximate surface area is 149 Å². The summed E-state index contributed by atoms with van der Waals surface area (Å²) in [6.07, 6.45) is 0.00812. The second-order valence-corrected chi connectivity index (χ2v) is 7.98. The number of urea groups is 1. The van der Waals surface area contributed by atoms with Crippen molar-refractivity contribution in [2.75, 3.05) is 26.2 Å². The van der Waals surface area contributed by atoms with Crippen molar-refractivity contribution in [2.45, 2.75) is 44.9 Å². The second kappa shape index (κ2) is 6.42. The summed E-state index contributed by atoms with van der Waals surface area (Å²) in [7, 11) is 0. The van der Waals surface area contributed by atoms with Crippen LogP contribution in [0.4, 0.5) is 4.79 Å². The predicted molar refractivity (Wildman–Crippen MR) is 95.1 cm³/mol. The molecule has 0 aromatic heterocycles. The van der Waals surface area contributed by atoms with Crippen LogP contribution in [0.1, 0.15) is 39.4 Å². The first-order valence-electron chi connectivity index (χ1n) is 8.76. The molecule has 0 saturated carbocycles. The smallest absolute Gasteiger partial charge is 0.325 e. The van der Waals surface area contributed by atoms with Crippen LogP contribution in [0.2, 0.25) is 0 Å². The maximum Gasteiger partial charge on any atom is 0.325 e. The number of ether oxygens (including phenoxy) is 1. The molecule has 25 heavy (non-hydrogen) atoms. The Morgan fingerprint density at radius 1 is 1.12 bits per heavy atom. The average Bonchev–Trinajstić information content (AvgIpc) is 2.75. The molecule has 0 unspecified atom stereocenters. The van der Waals surface area contributed by atoms with Crippen molar-refractivity contribution in [3.05, 3.63) is 35.9 Å². The highest BCUT2D eigenvalue weighted by Crippen LogP contribution is 2.30. The van der Waals surface area contributed by atoms with E-state index in [2.05, 4.69) is 36.2 Å². The van der Waals surface area contributed by atoms with Crippen molar-refractivity contribution in [3.63, 3.8) is 0 Å². The SMILES string of the molecule is CC1(C)NC(=O)N(CCN2C[C@@H](c3ccccc3)OCC2(C)C)C1=O. The number of hydrogen-bond acceptors (Lipinski definition) is 4. The van der Waals surface area contributed by atoms with Gasteiger partial charge in [0.25, 0.3) is 5.91 Å². The number of amides is 3. The highest BCUT2D eigenvalue weighted by atomic mass is 16.5. The third-order valence-corrected chi connectivity index (χ3v) is 5.09. The van der Waals surface area contributed by atoms with Crippen molar-refractivity contribution in [3.8, 4) is 0 Å². The summed E-state index contributed by atoms with van der Waals surface area (Å²) in [5, 5.41) is 2.73. The molecule has 0 spiro atoms. The summed E-state index contributed by atoms with van der Waals surface area (Å²) in [4.78, 5) is 28.1. The molecule has 1 N–H and O–H groups in total. The molecular formula is C19H27N3O3. The van der Waals surface area contributed by atoms with Gasteiger partial charge in [0.2, 0.25) is 0 Å². The fraction of sp³-hybridized carbons (Fsp3) is 0.579. The Balaban J connectivity index is 1.67. The van der Waals surface area contributed by atoms with Crippen LogP contribution in [0.25, 0.3) is 0 Å². The number of rotatable bonds is 4. The fourth-order valence-corrected chi connectivity index (χ4v) is 3.40. The van der Waals surface area contributed by atoms with Crippen molar-refractivity contribution in [2.24, 2.45) is 0 Å². The van der Waals surface area contributed by atoms with Crippen molar-refractivity contribution in [1.82, 2.24) is 15.1 Å². The molecular weight excluding hydrogens is 318 g/mol. The van der Waals surface area contributed by atoms with Crippen LogP contribution < -0.4 is 5.32 Å². The lowest BCUT2D eigenvalue weighted by Gasteiger charge is -2.45. The minimum absolute atomic E-state index is 0.00812. The lowest BCUT2D eigenvalue weighted by atomic mass is 9.98. The number of carbonyl (C=O) groups excluding carboxylic acids is 2. The molecule has 1 aromatic rings. The maximum atomic E-state index is 12.4. The van der Waals surface area contributed by atoms with Crippen LogP contribution >= 0.6 is 0 Å².